The number of hydrogen-bond acceptors (Lipinski definition) is 0. The third kappa shape index (κ3) is 7.06. The first-order chi connectivity index (χ1) is 33.5. The predicted molar refractivity (Wildman–Crippen MR) is 285 cm³/mol. The van der Waals surface area contributed by atoms with Gasteiger partial charge in [0.15, 0.2) is 0 Å². The van der Waals surface area contributed by atoms with E-state index in [2.05, 4.69) is 263 Å². The molecule has 0 N–H and O–H groups in total. The van der Waals surface area contributed by atoms with E-state index in [1.165, 1.54) is 106 Å². The molecule has 10 aromatic rings. The zero-order valence-electron chi connectivity index (χ0n) is 38.9. The second-order valence-electron chi connectivity index (χ2n) is 19.5. The van der Waals surface area contributed by atoms with Gasteiger partial charge in [0.1, 0.15) is 0 Å². The zero-order chi connectivity index (χ0) is 45.7. The van der Waals surface area contributed by atoms with E-state index in [1.54, 1.807) is 0 Å². The molecular weight excluding hydrogens is 817 g/mol. The molecule has 2 aliphatic carbocycles. The van der Waals surface area contributed by atoms with Gasteiger partial charge in [-0.05, 0) is 137 Å². The number of benzene rings is 10. The van der Waals surface area contributed by atoms with Crippen molar-refractivity contribution in [1.29, 1.82) is 0 Å². The van der Waals surface area contributed by atoms with Gasteiger partial charge >= 0.3 is 0 Å². The Morgan fingerprint density at radius 1 is 0.338 bits per heavy atom. The lowest BCUT2D eigenvalue weighted by molar-refractivity contribution is 0.614. The smallest absolute Gasteiger partial charge is 0.0622 e. The van der Waals surface area contributed by atoms with Crippen LogP contribution >= 0.6 is 0 Å². The SMILES string of the molecule is CC1(C)c2ccccc2-c2c(-c3ccccc3)cc(C(CCc3ccc4c(c3)C(c3ccccc3)(c3cccc(-c5ccccc5)c3)c3ccccc3-4)Cc3cccc(-c4ccccc4)c3)cc21. The molecule has 10 aromatic carbocycles. The average Bonchev–Trinajstić information content (AvgIpc) is 3.83. The van der Waals surface area contributed by atoms with Gasteiger partial charge in [0.05, 0.1) is 5.41 Å². The van der Waals surface area contributed by atoms with Crippen LogP contribution in [0.3, 0.4) is 0 Å². The van der Waals surface area contributed by atoms with Crippen LogP contribution in [0.15, 0.2) is 249 Å². The summed E-state index contributed by atoms with van der Waals surface area (Å²) in [6.07, 6.45) is 2.89. The Morgan fingerprint density at radius 3 is 1.59 bits per heavy atom. The molecule has 0 radical (unpaired) electrons. The van der Waals surface area contributed by atoms with E-state index in [4.69, 9.17) is 0 Å². The van der Waals surface area contributed by atoms with E-state index < -0.39 is 5.41 Å². The van der Waals surface area contributed by atoms with E-state index in [0.29, 0.717) is 0 Å². The lowest BCUT2D eigenvalue weighted by Gasteiger charge is -2.34. The van der Waals surface area contributed by atoms with Crippen LogP contribution in [-0.4, -0.2) is 0 Å². The molecule has 0 nitrogen and oxygen atoms in total. The van der Waals surface area contributed by atoms with Crippen molar-refractivity contribution in [3.05, 3.63) is 299 Å². The zero-order valence-corrected chi connectivity index (χ0v) is 38.9. The average molecular weight is 871 g/mol. The molecule has 2 aliphatic rings. The first-order valence-corrected chi connectivity index (χ1v) is 24.4. The number of aryl methyl sites for hydroxylation is 1. The van der Waals surface area contributed by atoms with E-state index in [0.717, 1.165) is 19.3 Å². The highest BCUT2D eigenvalue weighted by molar-refractivity contribution is 5.93. The summed E-state index contributed by atoms with van der Waals surface area (Å²) in [5.74, 6) is 0.264. The lowest BCUT2D eigenvalue weighted by Crippen LogP contribution is -2.28. The molecule has 0 aliphatic heterocycles. The van der Waals surface area contributed by atoms with E-state index in [-0.39, 0.29) is 11.3 Å². The monoisotopic (exact) mass is 870 g/mol. The summed E-state index contributed by atoms with van der Waals surface area (Å²) in [7, 11) is 0. The quantitative estimate of drug-likeness (QED) is 0.121. The standard InChI is InChI=1S/C68H54/c1-67(2)62-35-17-16-34-60(62)66-61(51-26-11-5-12-27-51)45-55(46-65(66)67)54(42-48-21-19-28-52(41-48)49-22-7-3-8-23-49)39-37-47-38-40-59-58-33-15-18-36-63(58)68(64(59)43-47,56-30-13-6-14-31-56)57-32-20-29-53(44-57)50-24-9-4-10-25-50/h3-36,38,40-41,43-46,54H,37,39,42H2,1-2H3. The fourth-order valence-electron chi connectivity index (χ4n) is 12.0. The van der Waals surface area contributed by atoms with Crippen LogP contribution in [0.2, 0.25) is 0 Å². The Bertz CT molecular complexity index is 3430. The first kappa shape index (κ1) is 41.6. The fraction of sp³-hybridized carbons (Fsp3) is 0.118. The largest absolute Gasteiger partial charge is 0.0713 e. The van der Waals surface area contributed by atoms with Gasteiger partial charge in [-0.15, -0.1) is 0 Å². The minimum Gasteiger partial charge on any atom is -0.0622 e. The highest BCUT2D eigenvalue weighted by atomic mass is 14.5. The second-order valence-corrected chi connectivity index (χ2v) is 19.5. The van der Waals surface area contributed by atoms with E-state index >= 15 is 0 Å². The summed E-state index contributed by atoms with van der Waals surface area (Å²) >= 11 is 0. The fourth-order valence-corrected chi connectivity index (χ4v) is 12.0. The summed E-state index contributed by atoms with van der Waals surface area (Å²) in [6, 6.07) is 93.4. The molecule has 2 atom stereocenters. The Balaban J connectivity index is 0.998. The van der Waals surface area contributed by atoms with Crippen molar-refractivity contribution in [2.75, 3.05) is 0 Å². The maximum absolute atomic E-state index is 2.59. The third-order valence-corrected chi connectivity index (χ3v) is 15.3. The van der Waals surface area contributed by atoms with Gasteiger partial charge in [-0.1, -0.05) is 257 Å². The van der Waals surface area contributed by atoms with Gasteiger partial charge in [-0.2, -0.15) is 0 Å². The Morgan fingerprint density at radius 2 is 0.882 bits per heavy atom. The van der Waals surface area contributed by atoms with Crippen LogP contribution in [0.5, 0.6) is 0 Å². The normalized spacial score (nSPS) is 15.5. The summed E-state index contributed by atoms with van der Waals surface area (Å²) in [5.41, 5.74) is 24.6. The van der Waals surface area contributed by atoms with Crippen molar-refractivity contribution in [3.63, 3.8) is 0 Å². The molecule has 68 heavy (non-hydrogen) atoms. The van der Waals surface area contributed by atoms with E-state index in [1.807, 2.05) is 0 Å². The highest BCUT2D eigenvalue weighted by Gasteiger charge is 2.46. The molecule has 326 valence electrons. The molecule has 0 aromatic heterocycles. The minimum atomic E-state index is -0.490. The summed E-state index contributed by atoms with van der Waals surface area (Å²) < 4.78 is 0. The van der Waals surface area contributed by atoms with Crippen molar-refractivity contribution in [1.82, 2.24) is 0 Å². The first-order valence-electron chi connectivity index (χ1n) is 24.4. The molecular formula is C68H54. The van der Waals surface area contributed by atoms with Crippen molar-refractivity contribution in [2.45, 2.75) is 49.9 Å². The molecule has 0 heteroatoms. The third-order valence-electron chi connectivity index (χ3n) is 15.3. The van der Waals surface area contributed by atoms with Crippen molar-refractivity contribution in [2.24, 2.45) is 0 Å². The van der Waals surface area contributed by atoms with E-state index in [9.17, 15) is 0 Å². The molecule has 0 heterocycles. The van der Waals surface area contributed by atoms with Gasteiger partial charge in [-0.25, -0.2) is 0 Å². The Hall–Kier alpha value is -7.80. The number of fused-ring (bicyclic) bond motifs is 6. The molecule has 0 saturated carbocycles. The van der Waals surface area contributed by atoms with Gasteiger partial charge < -0.3 is 0 Å². The van der Waals surface area contributed by atoms with Gasteiger partial charge in [0.25, 0.3) is 0 Å². The highest BCUT2D eigenvalue weighted by Crippen LogP contribution is 2.57. The minimum absolute atomic E-state index is 0.128. The Labute approximate surface area is 402 Å². The Kier molecular flexibility index (Phi) is 10.5. The maximum Gasteiger partial charge on any atom is 0.0713 e. The summed E-state index contributed by atoms with van der Waals surface area (Å²) in [5, 5.41) is 0. The second kappa shape index (κ2) is 17.1. The molecule has 0 saturated heterocycles. The lowest BCUT2D eigenvalue weighted by atomic mass is 9.67. The molecule has 12 rings (SSSR count). The molecule has 0 fully saturated rings. The van der Waals surface area contributed by atoms with Crippen LogP contribution in [0, 0.1) is 0 Å². The topological polar surface area (TPSA) is 0 Å². The maximum atomic E-state index is 2.59. The van der Waals surface area contributed by atoms with Crippen molar-refractivity contribution in [3.8, 4) is 55.6 Å². The van der Waals surface area contributed by atoms with Crippen LogP contribution in [0.1, 0.15) is 76.3 Å². The van der Waals surface area contributed by atoms with Gasteiger partial charge in [0.2, 0.25) is 0 Å². The van der Waals surface area contributed by atoms with Crippen LogP contribution in [-0.2, 0) is 23.7 Å². The van der Waals surface area contributed by atoms with Gasteiger partial charge in [-0.3, -0.25) is 0 Å². The van der Waals surface area contributed by atoms with Crippen LogP contribution in [0.4, 0.5) is 0 Å². The molecule has 0 bridgehead atoms. The number of hydrogen-bond donors (Lipinski definition) is 0. The predicted octanol–water partition coefficient (Wildman–Crippen LogP) is 17.3. The van der Waals surface area contributed by atoms with Gasteiger partial charge in [0, 0.05) is 5.41 Å². The summed E-state index contributed by atoms with van der Waals surface area (Å²) in [6.45, 7) is 4.84. The van der Waals surface area contributed by atoms with Crippen LogP contribution < -0.4 is 0 Å². The number of rotatable bonds is 11. The summed E-state index contributed by atoms with van der Waals surface area (Å²) in [4.78, 5) is 0. The molecule has 2 unspecified atom stereocenters. The van der Waals surface area contributed by atoms with Crippen molar-refractivity contribution < 1.29 is 0 Å². The van der Waals surface area contributed by atoms with Crippen LogP contribution in [0.25, 0.3) is 55.6 Å². The molecule has 0 amide bonds. The van der Waals surface area contributed by atoms with Crippen molar-refractivity contribution >= 4 is 0 Å². The molecule has 0 spiro atoms.